The molecule has 4 nitrogen and oxygen atoms in total. The Morgan fingerprint density at radius 2 is 1.82 bits per heavy atom. The zero-order chi connectivity index (χ0) is 19.5. The minimum atomic E-state index is -0.282. The number of carbonyl (C=O) groups is 1. The number of fused-ring (bicyclic) bond motifs is 1. The molecule has 1 aliphatic rings. The lowest BCUT2D eigenvalue weighted by molar-refractivity contribution is 0.0724. The minimum absolute atomic E-state index is 0.0617. The zero-order valence-electron chi connectivity index (χ0n) is 16.0. The van der Waals surface area contributed by atoms with Crippen molar-refractivity contribution >= 4 is 16.8 Å². The average Bonchev–Trinajstić information content (AvgIpc) is 2.74. The van der Waals surface area contributed by atoms with Gasteiger partial charge in [0, 0.05) is 35.7 Å². The van der Waals surface area contributed by atoms with Gasteiger partial charge in [0.25, 0.3) is 5.91 Å². The molecule has 0 saturated carbocycles. The normalized spacial score (nSPS) is 14.3. The Labute approximate surface area is 164 Å². The Hall–Kier alpha value is -2.95. The zero-order valence-corrected chi connectivity index (χ0v) is 16.0. The van der Waals surface area contributed by atoms with E-state index < -0.39 is 0 Å². The van der Waals surface area contributed by atoms with Crippen LogP contribution in [0.5, 0.6) is 5.75 Å². The summed E-state index contributed by atoms with van der Waals surface area (Å²) >= 11 is 0. The molecule has 0 atom stereocenters. The van der Waals surface area contributed by atoms with Gasteiger partial charge in [0.05, 0.1) is 17.8 Å². The molecule has 1 amide bonds. The summed E-state index contributed by atoms with van der Waals surface area (Å²) < 4.78 is 19.1. The van der Waals surface area contributed by atoms with Crippen LogP contribution in [-0.2, 0) is 0 Å². The van der Waals surface area contributed by atoms with Crippen LogP contribution in [0.3, 0.4) is 0 Å². The van der Waals surface area contributed by atoms with Gasteiger partial charge in [0.1, 0.15) is 11.6 Å². The number of halogens is 1. The van der Waals surface area contributed by atoms with Crippen LogP contribution in [0.1, 0.15) is 36.5 Å². The number of rotatable bonds is 4. The second-order valence-electron chi connectivity index (χ2n) is 7.03. The van der Waals surface area contributed by atoms with E-state index in [1.807, 2.05) is 36.1 Å². The lowest BCUT2D eigenvalue weighted by atomic mass is 10.0. The molecule has 5 heteroatoms. The van der Waals surface area contributed by atoms with Gasteiger partial charge < -0.3 is 9.64 Å². The summed E-state index contributed by atoms with van der Waals surface area (Å²) in [7, 11) is 0. The maximum Gasteiger partial charge on any atom is 0.253 e. The molecule has 1 saturated heterocycles. The van der Waals surface area contributed by atoms with E-state index in [9.17, 15) is 9.18 Å². The third-order valence-corrected chi connectivity index (χ3v) is 5.10. The predicted octanol–water partition coefficient (Wildman–Crippen LogP) is 5.07. The Bertz CT molecular complexity index is 995. The second-order valence-corrected chi connectivity index (χ2v) is 7.03. The van der Waals surface area contributed by atoms with Crippen molar-refractivity contribution in [1.29, 1.82) is 0 Å². The van der Waals surface area contributed by atoms with Crippen molar-refractivity contribution in [3.63, 3.8) is 0 Å². The molecule has 0 bridgehead atoms. The predicted molar refractivity (Wildman–Crippen MR) is 108 cm³/mol. The fraction of sp³-hybridized carbons (Fsp3) is 0.304. The molecule has 0 radical (unpaired) electrons. The number of aromatic nitrogens is 1. The van der Waals surface area contributed by atoms with E-state index in [0.717, 1.165) is 42.4 Å². The molecule has 0 unspecified atom stereocenters. The first-order valence-electron chi connectivity index (χ1n) is 9.78. The standard InChI is InChI=1S/C23H23FN2O2/c1-2-28-22-15-21(16-6-9-18(24)10-7-16)25-20-11-8-17(14-19(20)22)23(27)26-12-4-3-5-13-26/h6-11,14-15H,2-5,12-13H2,1H3. The first-order valence-corrected chi connectivity index (χ1v) is 9.78. The van der Waals surface area contributed by atoms with Crippen molar-refractivity contribution in [2.45, 2.75) is 26.2 Å². The molecule has 0 spiro atoms. The van der Waals surface area contributed by atoms with E-state index in [4.69, 9.17) is 9.72 Å². The van der Waals surface area contributed by atoms with Gasteiger partial charge in [-0.25, -0.2) is 9.37 Å². The fourth-order valence-electron chi connectivity index (χ4n) is 3.65. The molecule has 1 aromatic heterocycles. The maximum atomic E-state index is 13.2. The lowest BCUT2D eigenvalue weighted by Gasteiger charge is -2.26. The molecule has 28 heavy (non-hydrogen) atoms. The van der Waals surface area contributed by atoms with E-state index in [-0.39, 0.29) is 11.7 Å². The van der Waals surface area contributed by atoms with Crippen molar-refractivity contribution in [2.24, 2.45) is 0 Å². The highest BCUT2D eigenvalue weighted by Crippen LogP contribution is 2.31. The van der Waals surface area contributed by atoms with Gasteiger partial charge in [0.2, 0.25) is 0 Å². The second kappa shape index (κ2) is 7.97. The molecule has 3 aromatic rings. The van der Waals surface area contributed by atoms with Crippen LogP contribution in [-0.4, -0.2) is 35.5 Å². The third-order valence-electron chi connectivity index (χ3n) is 5.10. The smallest absolute Gasteiger partial charge is 0.253 e. The van der Waals surface area contributed by atoms with Crippen LogP contribution >= 0.6 is 0 Å². The fourth-order valence-corrected chi connectivity index (χ4v) is 3.65. The van der Waals surface area contributed by atoms with Crippen LogP contribution in [0, 0.1) is 5.82 Å². The van der Waals surface area contributed by atoms with Gasteiger partial charge in [-0.3, -0.25) is 4.79 Å². The van der Waals surface area contributed by atoms with Crippen molar-refractivity contribution in [3.8, 4) is 17.0 Å². The third kappa shape index (κ3) is 3.70. The maximum absolute atomic E-state index is 13.2. The largest absolute Gasteiger partial charge is 0.493 e. The number of piperidine rings is 1. The molecule has 1 aliphatic heterocycles. The van der Waals surface area contributed by atoms with E-state index in [1.54, 1.807) is 12.1 Å². The first-order chi connectivity index (χ1) is 13.7. The SMILES string of the molecule is CCOc1cc(-c2ccc(F)cc2)nc2ccc(C(=O)N3CCCCC3)cc12. The Balaban J connectivity index is 1.75. The van der Waals surface area contributed by atoms with Gasteiger partial charge >= 0.3 is 0 Å². The number of amides is 1. The lowest BCUT2D eigenvalue weighted by Crippen LogP contribution is -2.35. The van der Waals surface area contributed by atoms with Crippen LogP contribution in [0.25, 0.3) is 22.2 Å². The van der Waals surface area contributed by atoms with E-state index in [0.29, 0.717) is 23.6 Å². The molecule has 0 N–H and O–H groups in total. The van der Waals surface area contributed by atoms with Crippen molar-refractivity contribution < 1.29 is 13.9 Å². The van der Waals surface area contributed by atoms with E-state index in [1.165, 1.54) is 18.6 Å². The van der Waals surface area contributed by atoms with Crippen molar-refractivity contribution in [1.82, 2.24) is 9.88 Å². The molecule has 2 heterocycles. The van der Waals surface area contributed by atoms with Gasteiger partial charge in [-0.1, -0.05) is 0 Å². The van der Waals surface area contributed by atoms with Crippen LogP contribution in [0.15, 0.2) is 48.5 Å². The van der Waals surface area contributed by atoms with Crippen LogP contribution < -0.4 is 4.74 Å². The van der Waals surface area contributed by atoms with Crippen LogP contribution in [0.2, 0.25) is 0 Å². The number of benzene rings is 2. The molecule has 144 valence electrons. The minimum Gasteiger partial charge on any atom is -0.493 e. The summed E-state index contributed by atoms with van der Waals surface area (Å²) in [5.74, 6) is 0.460. The number of pyridine rings is 1. The Morgan fingerprint density at radius 1 is 1.07 bits per heavy atom. The summed E-state index contributed by atoms with van der Waals surface area (Å²) in [5, 5.41) is 0.815. The molecule has 0 aliphatic carbocycles. The number of carbonyl (C=O) groups excluding carboxylic acids is 1. The monoisotopic (exact) mass is 378 g/mol. The van der Waals surface area contributed by atoms with Gasteiger partial charge in [-0.15, -0.1) is 0 Å². The summed E-state index contributed by atoms with van der Waals surface area (Å²) in [5.41, 5.74) is 2.94. The molecular formula is C23H23FN2O2. The highest BCUT2D eigenvalue weighted by molar-refractivity contribution is 5.99. The number of nitrogens with zero attached hydrogens (tertiary/aromatic N) is 2. The van der Waals surface area contributed by atoms with Crippen molar-refractivity contribution in [3.05, 3.63) is 59.9 Å². The Kier molecular flexibility index (Phi) is 5.24. The number of hydrogen-bond acceptors (Lipinski definition) is 3. The van der Waals surface area contributed by atoms with E-state index in [2.05, 4.69) is 0 Å². The quantitative estimate of drug-likeness (QED) is 0.637. The number of ether oxygens (including phenoxy) is 1. The summed E-state index contributed by atoms with van der Waals surface area (Å²) in [6, 6.07) is 13.7. The number of likely N-dealkylation sites (tertiary alicyclic amines) is 1. The topological polar surface area (TPSA) is 42.4 Å². The van der Waals surface area contributed by atoms with Gasteiger partial charge in [-0.2, -0.15) is 0 Å². The summed E-state index contributed by atoms with van der Waals surface area (Å²) in [4.78, 5) is 19.5. The van der Waals surface area contributed by atoms with E-state index >= 15 is 0 Å². The molecule has 4 rings (SSSR count). The summed E-state index contributed by atoms with van der Waals surface area (Å²) in [6.45, 7) is 4.06. The van der Waals surface area contributed by atoms with Gasteiger partial charge in [-0.05, 0) is 68.7 Å². The highest BCUT2D eigenvalue weighted by atomic mass is 19.1. The average molecular weight is 378 g/mol. The number of hydrogen-bond donors (Lipinski definition) is 0. The van der Waals surface area contributed by atoms with Crippen LogP contribution in [0.4, 0.5) is 4.39 Å². The molecule has 1 fully saturated rings. The summed E-state index contributed by atoms with van der Waals surface area (Å²) in [6.07, 6.45) is 3.31. The Morgan fingerprint density at radius 3 is 2.54 bits per heavy atom. The molecular weight excluding hydrogens is 355 g/mol. The molecule has 2 aromatic carbocycles. The first kappa shape index (κ1) is 18.4. The highest BCUT2D eigenvalue weighted by Gasteiger charge is 2.19. The van der Waals surface area contributed by atoms with Crippen molar-refractivity contribution in [2.75, 3.05) is 19.7 Å². The van der Waals surface area contributed by atoms with Gasteiger partial charge in [0.15, 0.2) is 0 Å².